The maximum atomic E-state index is 13.3. The molecule has 2 aromatic carbocycles. The average Bonchev–Trinajstić information content (AvgIpc) is 2.43. The number of hydrogen-bond acceptors (Lipinski definition) is 2. The lowest BCUT2D eigenvalue weighted by atomic mass is 10.1. The largest absolute Gasteiger partial charge is 0.324 e. The van der Waals surface area contributed by atoms with Crippen LogP contribution in [0.15, 0.2) is 46.9 Å². The van der Waals surface area contributed by atoms with E-state index in [1.54, 1.807) is 18.2 Å². The van der Waals surface area contributed by atoms with Gasteiger partial charge in [-0.15, -0.1) is 0 Å². The minimum atomic E-state index is -0.440. The topological polar surface area (TPSA) is 67.1 Å². The summed E-state index contributed by atoms with van der Waals surface area (Å²) in [5.41, 5.74) is 7.75. The Bertz CT molecular complexity index is 644. The Balaban J connectivity index is 1.99. The van der Waals surface area contributed by atoms with Crippen molar-refractivity contribution in [2.45, 2.75) is 13.0 Å². The summed E-state index contributed by atoms with van der Waals surface area (Å²) in [5, 5.41) is 5.23. The summed E-state index contributed by atoms with van der Waals surface area (Å²) in [5.74, 6) is -0.436. The van der Waals surface area contributed by atoms with Gasteiger partial charge in [0, 0.05) is 17.4 Å². The number of halogens is 2. The molecule has 0 saturated heterocycles. The maximum Gasteiger partial charge on any atom is 0.323 e. The van der Waals surface area contributed by atoms with E-state index in [4.69, 9.17) is 5.73 Å². The fourth-order valence-electron chi connectivity index (χ4n) is 1.74. The molecule has 0 radical (unpaired) electrons. The van der Waals surface area contributed by atoms with Crippen LogP contribution in [0.1, 0.15) is 18.5 Å². The molecular weight excluding hydrogens is 337 g/mol. The van der Waals surface area contributed by atoms with Crippen molar-refractivity contribution in [1.82, 2.24) is 0 Å². The van der Waals surface area contributed by atoms with E-state index in [1.165, 1.54) is 12.1 Å². The van der Waals surface area contributed by atoms with Gasteiger partial charge in [-0.05, 0) is 58.7 Å². The van der Waals surface area contributed by atoms with Crippen molar-refractivity contribution in [3.8, 4) is 0 Å². The van der Waals surface area contributed by atoms with Crippen LogP contribution >= 0.6 is 15.9 Å². The van der Waals surface area contributed by atoms with Gasteiger partial charge in [-0.25, -0.2) is 9.18 Å². The van der Waals surface area contributed by atoms with Crippen LogP contribution in [0.2, 0.25) is 0 Å². The average molecular weight is 352 g/mol. The minimum absolute atomic E-state index is 0.0568. The Morgan fingerprint density at radius 3 is 2.29 bits per heavy atom. The van der Waals surface area contributed by atoms with Crippen LogP contribution in [-0.2, 0) is 0 Å². The quantitative estimate of drug-likeness (QED) is 0.773. The van der Waals surface area contributed by atoms with Gasteiger partial charge >= 0.3 is 6.03 Å². The third-order valence-corrected chi connectivity index (χ3v) is 3.51. The van der Waals surface area contributed by atoms with Crippen molar-refractivity contribution in [2.75, 3.05) is 10.6 Å². The molecule has 1 unspecified atom stereocenters. The summed E-state index contributed by atoms with van der Waals surface area (Å²) in [7, 11) is 0. The van der Waals surface area contributed by atoms with Gasteiger partial charge in [-0.2, -0.15) is 0 Å². The van der Waals surface area contributed by atoms with Crippen LogP contribution < -0.4 is 16.4 Å². The van der Waals surface area contributed by atoms with Gasteiger partial charge in [-0.1, -0.05) is 12.1 Å². The normalized spacial score (nSPS) is 11.8. The zero-order chi connectivity index (χ0) is 15.4. The molecule has 21 heavy (non-hydrogen) atoms. The molecule has 0 aromatic heterocycles. The first kappa shape index (κ1) is 15.5. The highest BCUT2D eigenvalue weighted by atomic mass is 79.9. The van der Waals surface area contributed by atoms with Crippen LogP contribution in [-0.4, -0.2) is 6.03 Å². The van der Waals surface area contributed by atoms with E-state index >= 15 is 0 Å². The van der Waals surface area contributed by atoms with Gasteiger partial charge in [0.25, 0.3) is 0 Å². The number of hydrogen-bond donors (Lipinski definition) is 3. The van der Waals surface area contributed by atoms with Crippen molar-refractivity contribution in [2.24, 2.45) is 5.73 Å². The van der Waals surface area contributed by atoms with E-state index in [1.807, 2.05) is 19.1 Å². The molecule has 0 bridgehead atoms. The SMILES string of the molecule is CC(N)c1ccc(NC(=O)Nc2ccc(Br)c(F)c2)cc1. The molecule has 0 spiro atoms. The number of urea groups is 1. The van der Waals surface area contributed by atoms with Crippen LogP contribution in [0.4, 0.5) is 20.6 Å². The number of amides is 2. The lowest BCUT2D eigenvalue weighted by Gasteiger charge is -2.10. The van der Waals surface area contributed by atoms with E-state index in [2.05, 4.69) is 26.6 Å². The third-order valence-electron chi connectivity index (χ3n) is 2.87. The molecule has 4 nitrogen and oxygen atoms in total. The number of benzene rings is 2. The standard InChI is InChI=1S/C15H15BrFN3O/c1-9(18)10-2-4-11(5-3-10)19-15(21)20-12-6-7-13(16)14(17)8-12/h2-9H,18H2,1H3,(H2,19,20,21). The molecule has 2 amide bonds. The minimum Gasteiger partial charge on any atom is -0.324 e. The van der Waals surface area contributed by atoms with Gasteiger partial charge in [-0.3, -0.25) is 0 Å². The molecule has 0 fully saturated rings. The van der Waals surface area contributed by atoms with Crippen LogP contribution in [0.5, 0.6) is 0 Å². The zero-order valence-electron chi connectivity index (χ0n) is 11.4. The van der Waals surface area contributed by atoms with Crippen LogP contribution in [0.3, 0.4) is 0 Å². The van der Waals surface area contributed by atoms with Crippen LogP contribution in [0.25, 0.3) is 0 Å². The molecule has 110 valence electrons. The van der Waals surface area contributed by atoms with Gasteiger partial charge in [0.15, 0.2) is 0 Å². The number of nitrogens with two attached hydrogens (primary N) is 1. The van der Waals surface area contributed by atoms with E-state index < -0.39 is 11.8 Å². The molecule has 0 saturated carbocycles. The lowest BCUT2D eigenvalue weighted by molar-refractivity contribution is 0.262. The number of anilines is 2. The summed E-state index contributed by atoms with van der Waals surface area (Å²) in [6, 6.07) is 11.1. The van der Waals surface area contributed by atoms with Gasteiger partial charge < -0.3 is 16.4 Å². The number of rotatable bonds is 3. The Hall–Kier alpha value is -1.92. The first-order valence-corrected chi connectivity index (χ1v) is 7.13. The Morgan fingerprint density at radius 2 is 1.71 bits per heavy atom. The van der Waals surface area contributed by atoms with Crippen molar-refractivity contribution in [1.29, 1.82) is 0 Å². The summed E-state index contributed by atoms with van der Waals surface area (Å²) >= 11 is 3.05. The van der Waals surface area contributed by atoms with Gasteiger partial charge in [0.1, 0.15) is 5.82 Å². The van der Waals surface area contributed by atoms with Crippen molar-refractivity contribution < 1.29 is 9.18 Å². The molecule has 0 heterocycles. The number of carbonyl (C=O) groups is 1. The zero-order valence-corrected chi connectivity index (χ0v) is 12.9. The second kappa shape index (κ2) is 6.69. The van der Waals surface area contributed by atoms with E-state index in [-0.39, 0.29) is 6.04 Å². The van der Waals surface area contributed by atoms with E-state index in [0.29, 0.717) is 15.8 Å². The van der Waals surface area contributed by atoms with Crippen molar-refractivity contribution in [3.63, 3.8) is 0 Å². The predicted molar refractivity (Wildman–Crippen MR) is 85.8 cm³/mol. The lowest BCUT2D eigenvalue weighted by Crippen LogP contribution is -2.19. The van der Waals surface area contributed by atoms with E-state index in [9.17, 15) is 9.18 Å². The van der Waals surface area contributed by atoms with Crippen molar-refractivity contribution >= 4 is 33.3 Å². The molecule has 0 aliphatic heterocycles. The Kier molecular flexibility index (Phi) is 4.93. The third kappa shape index (κ3) is 4.27. The molecule has 0 aliphatic carbocycles. The molecule has 2 aromatic rings. The fraction of sp³-hybridized carbons (Fsp3) is 0.133. The number of nitrogens with one attached hydrogen (secondary N) is 2. The second-order valence-electron chi connectivity index (χ2n) is 4.62. The highest BCUT2D eigenvalue weighted by Crippen LogP contribution is 2.20. The predicted octanol–water partition coefficient (Wildman–Crippen LogP) is 4.25. The fourth-order valence-corrected chi connectivity index (χ4v) is 1.98. The Labute approximate surface area is 130 Å². The van der Waals surface area contributed by atoms with E-state index in [0.717, 1.165) is 5.56 Å². The molecular formula is C15H15BrFN3O. The van der Waals surface area contributed by atoms with Gasteiger partial charge in [0.05, 0.1) is 4.47 Å². The smallest absolute Gasteiger partial charge is 0.323 e. The van der Waals surface area contributed by atoms with Crippen LogP contribution in [0, 0.1) is 5.82 Å². The summed E-state index contributed by atoms with van der Waals surface area (Å²) in [4.78, 5) is 11.8. The first-order chi connectivity index (χ1) is 9.95. The molecule has 6 heteroatoms. The summed E-state index contributed by atoms with van der Waals surface area (Å²) in [6.45, 7) is 1.89. The molecule has 2 rings (SSSR count). The summed E-state index contributed by atoms with van der Waals surface area (Å²) in [6.07, 6.45) is 0. The van der Waals surface area contributed by atoms with Gasteiger partial charge in [0.2, 0.25) is 0 Å². The molecule has 0 aliphatic rings. The Morgan fingerprint density at radius 1 is 1.14 bits per heavy atom. The summed E-state index contributed by atoms with van der Waals surface area (Å²) < 4.78 is 13.7. The molecule has 1 atom stereocenters. The molecule has 4 N–H and O–H groups in total. The highest BCUT2D eigenvalue weighted by molar-refractivity contribution is 9.10. The first-order valence-electron chi connectivity index (χ1n) is 6.34. The second-order valence-corrected chi connectivity index (χ2v) is 5.47. The highest BCUT2D eigenvalue weighted by Gasteiger charge is 2.06. The monoisotopic (exact) mass is 351 g/mol. The maximum absolute atomic E-state index is 13.3. The van der Waals surface area contributed by atoms with Crippen molar-refractivity contribution in [3.05, 3.63) is 58.3 Å². The number of carbonyl (C=O) groups excluding carboxylic acids is 1.